The van der Waals surface area contributed by atoms with Gasteiger partial charge in [0.15, 0.2) is 11.6 Å². The fraction of sp³-hybridized carbons (Fsp3) is 0.174. The molecule has 3 aromatic rings. The Bertz CT molecular complexity index is 940. The number of rotatable bonds is 4. The number of fused-ring (bicyclic) bond motifs is 1. The fourth-order valence-corrected chi connectivity index (χ4v) is 3.71. The molecule has 0 atom stereocenters. The van der Waals surface area contributed by atoms with Crippen molar-refractivity contribution in [3.63, 3.8) is 0 Å². The van der Waals surface area contributed by atoms with Gasteiger partial charge in [0.05, 0.1) is 5.69 Å². The van der Waals surface area contributed by atoms with Crippen molar-refractivity contribution >= 4 is 11.6 Å². The summed E-state index contributed by atoms with van der Waals surface area (Å²) in [5, 5.41) is 0. The Balaban J connectivity index is 1.90. The number of benzene rings is 2. The van der Waals surface area contributed by atoms with Crippen LogP contribution < -0.4 is 0 Å². The zero-order chi connectivity index (χ0) is 18.1. The van der Waals surface area contributed by atoms with E-state index < -0.39 is 5.41 Å². The van der Waals surface area contributed by atoms with Gasteiger partial charge in [0, 0.05) is 17.3 Å². The van der Waals surface area contributed by atoms with Gasteiger partial charge in [-0.3, -0.25) is 14.6 Å². The first-order valence-corrected chi connectivity index (χ1v) is 8.85. The maximum absolute atomic E-state index is 13.4. The Kier molecular flexibility index (Phi) is 4.00. The van der Waals surface area contributed by atoms with E-state index in [4.69, 9.17) is 0 Å². The highest BCUT2D eigenvalue weighted by Gasteiger charge is 2.54. The first-order valence-electron chi connectivity index (χ1n) is 8.85. The average Bonchev–Trinajstić information content (AvgIpc) is 2.92. The summed E-state index contributed by atoms with van der Waals surface area (Å²) in [6, 6.07) is 20.6. The summed E-state index contributed by atoms with van der Waals surface area (Å²) < 4.78 is 0. The summed E-state index contributed by atoms with van der Waals surface area (Å²) in [4.78, 5) is 31.4. The van der Waals surface area contributed by atoms with Gasteiger partial charge in [-0.25, -0.2) is 0 Å². The molecule has 0 radical (unpaired) electrons. The zero-order valence-electron chi connectivity index (χ0n) is 14.6. The van der Waals surface area contributed by atoms with E-state index in [1.165, 1.54) is 0 Å². The molecule has 0 saturated carbocycles. The highest BCUT2D eigenvalue weighted by Crippen LogP contribution is 2.41. The Morgan fingerprint density at radius 1 is 0.769 bits per heavy atom. The largest absolute Gasteiger partial charge is 0.293 e. The quantitative estimate of drug-likeness (QED) is 0.668. The number of pyridine rings is 1. The standard InChI is InChI=1S/C23H19NO2/c1-2-16-12-13-20(24-15-16)23(14-17-8-4-3-5-9-17)21(25)18-10-6-7-11-19(18)22(23)26/h3-13,15H,2,14H2,1H3. The molecule has 2 aromatic carbocycles. The van der Waals surface area contributed by atoms with Crippen molar-refractivity contribution in [3.05, 3.63) is 101 Å². The molecule has 26 heavy (non-hydrogen) atoms. The smallest absolute Gasteiger partial charge is 0.183 e. The van der Waals surface area contributed by atoms with Crippen molar-refractivity contribution in [1.82, 2.24) is 4.98 Å². The summed E-state index contributed by atoms with van der Waals surface area (Å²) in [5.74, 6) is -0.308. The zero-order valence-corrected chi connectivity index (χ0v) is 14.6. The first-order chi connectivity index (χ1) is 12.7. The summed E-state index contributed by atoms with van der Waals surface area (Å²) in [6.45, 7) is 2.05. The maximum Gasteiger partial charge on any atom is 0.183 e. The number of aryl methyl sites for hydroxylation is 1. The second kappa shape index (κ2) is 6.34. The van der Waals surface area contributed by atoms with Gasteiger partial charge in [0.25, 0.3) is 0 Å². The van der Waals surface area contributed by atoms with Crippen molar-refractivity contribution in [2.24, 2.45) is 0 Å². The van der Waals surface area contributed by atoms with E-state index in [0.29, 0.717) is 23.2 Å². The number of hydrogen-bond donors (Lipinski definition) is 0. The van der Waals surface area contributed by atoms with E-state index in [1.54, 1.807) is 30.5 Å². The SMILES string of the molecule is CCc1ccc(C2(Cc3ccccc3)C(=O)c3ccccc3C2=O)nc1. The molecule has 0 N–H and O–H groups in total. The molecular formula is C23H19NO2. The molecule has 3 heteroatoms. The minimum absolute atomic E-state index is 0.154. The van der Waals surface area contributed by atoms with E-state index >= 15 is 0 Å². The Labute approximate surface area is 152 Å². The molecule has 128 valence electrons. The van der Waals surface area contributed by atoms with Crippen LogP contribution in [-0.4, -0.2) is 16.6 Å². The van der Waals surface area contributed by atoms with Gasteiger partial charge in [-0.05, 0) is 30.0 Å². The van der Waals surface area contributed by atoms with Gasteiger partial charge in [-0.1, -0.05) is 67.6 Å². The van der Waals surface area contributed by atoms with E-state index in [1.807, 2.05) is 42.5 Å². The average molecular weight is 341 g/mol. The van der Waals surface area contributed by atoms with Crippen LogP contribution in [0.4, 0.5) is 0 Å². The van der Waals surface area contributed by atoms with Crippen molar-refractivity contribution in [2.75, 3.05) is 0 Å². The lowest BCUT2D eigenvalue weighted by Gasteiger charge is -2.25. The molecule has 0 aliphatic heterocycles. The summed E-state index contributed by atoms with van der Waals surface area (Å²) in [6.07, 6.45) is 2.95. The third-order valence-electron chi connectivity index (χ3n) is 5.17. The van der Waals surface area contributed by atoms with Crippen LogP contribution in [0.1, 0.15) is 44.5 Å². The van der Waals surface area contributed by atoms with Crippen molar-refractivity contribution < 1.29 is 9.59 Å². The van der Waals surface area contributed by atoms with Crippen molar-refractivity contribution in [2.45, 2.75) is 25.2 Å². The third kappa shape index (κ3) is 2.39. The van der Waals surface area contributed by atoms with Gasteiger partial charge < -0.3 is 0 Å². The Morgan fingerprint density at radius 2 is 1.38 bits per heavy atom. The van der Waals surface area contributed by atoms with Gasteiger partial charge >= 0.3 is 0 Å². The fourth-order valence-electron chi connectivity index (χ4n) is 3.71. The second-order valence-electron chi connectivity index (χ2n) is 6.68. The lowest BCUT2D eigenvalue weighted by Crippen LogP contribution is -2.41. The normalized spacial score (nSPS) is 15.1. The molecule has 0 saturated heterocycles. The van der Waals surface area contributed by atoms with E-state index in [0.717, 1.165) is 17.5 Å². The number of ketones is 2. The predicted octanol–water partition coefficient (Wildman–Crippen LogP) is 4.20. The van der Waals surface area contributed by atoms with Crippen LogP contribution in [0.15, 0.2) is 72.9 Å². The van der Waals surface area contributed by atoms with Gasteiger partial charge in [0.1, 0.15) is 5.41 Å². The van der Waals surface area contributed by atoms with Crippen LogP contribution in [0, 0.1) is 0 Å². The highest BCUT2D eigenvalue weighted by molar-refractivity contribution is 6.33. The molecule has 1 aliphatic rings. The lowest BCUT2D eigenvalue weighted by molar-refractivity contribution is 0.0789. The Hall–Kier alpha value is -3.07. The lowest BCUT2D eigenvalue weighted by atomic mass is 9.74. The Morgan fingerprint density at radius 3 is 1.92 bits per heavy atom. The summed E-state index contributed by atoms with van der Waals surface area (Å²) >= 11 is 0. The number of nitrogens with zero attached hydrogens (tertiary/aromatic N) is 1. The number of aromatic nitrogens is 1. The molecule has 1 aliphatic carbocycles. The highest BCUT2D eigenvalue weighted by atomic mass is 16.2. The van der Waals surface area contributed by atoms with Crippen LogP contribution in [0.2, 0.25) is 0 Å². The topological polar surface area (TPSA) is 47.0 Å². The molecule has 0 fully saturated rings. The molecule has 0 unspecified atom stereocenters. The molecular weight excluding hydrogens is 322 g/mol. The monoisotopic (exact) mass is 341 g/mol. The van der Waals surface area contributed by atoms with E-state index in [-0.39, 0.29) is 11.6 Å². The minimum atomic E-state index is -1.28. The number of hydrogen-bond acceptors (Lipinski definition) is 3. The van der Waals surface area contributed by atoms with Crippen molar-refractivity contribution in [3.8, 4) is 0 Å². The second-order valence-corrected chi connectivity index (χ2v) is 6.68. The van der Waals surface area contributed by atoms with Crippen LogP contribution in [0.3, 0.4) is 0 Å². The first kappa shape index (κ1) is 16.4. The van der Waals surface area contributed by atoms with Crippen molar-refractivity contribution in [1.29, 1.82) is 0 Å². The molecule has 1 aromatic heterocycles. The number of carbonyl (C=O) groups is 2. The number of carbonyl (C=O) groups excluding carboxylic acids is 2. The van der Waals surface area contributed by atoms with Crippen LogP contribution >= 0.6 is 0 Å². The van der Waals surface area contributed by atoms with E-state index in [2.05, 4.69) is 11.9 Å². The molecule has 3 nitrogen and oxygen atoms in total. The molecule has 1 heterocycles. The van der Waals surface area contributed by atoms with Gasteiger partial charge in [-0.2, -0.15) is 0 Å². The van der Waals surface area contributed by atoms with Crippen LogP contribution in [0.5, 0.6) is 0 Å². The van der Waals surface area contributed by atoms with E-state index in [9.17, 15) is 9.59 Å². The molecule has 0 bridgehead atoms. The molecule has 0 spiro atoms. The van der Waals surface area contributed by atoms with Crippen LogP contribution in [-0.2, 0) is 18.3 Å². The third-order valence-corrected chi connectivity index (χ3v) is 5.17. The van der Waals surface area contributed by atoms with Crippen LogP contribution in [0.25, 0.3) is 0 Å². The summed E-state index contributed by atoms with van der Waals surface area (Å²) in [7, 11) is 0. The number of Topliss-reactive ketones (excluding diaryl/α,β-unsaturated/α-hetero) is 2. The summed E-state index contributed by atoms with van der Waals surface area (Å²) in [5.41, 5.74) is 2.27. The maximum atomic E-state index is 13.4. The molecule has 0 amide bonds. The van der Waals surface area contributed by atoms with Gasteiger partial charge in [-0.15, -0.1) is 0 Å². The molecule has 4 rings (SSSR count). The minimum Gasteiger partial charge on any atom is -0.293 e. The van der Waals surface area contributed by atoms with Gasteiger partial charge in [0.2, 0.25) is 0 Å². The predicted molar refractivity (Wildman–Crippen MR) is 101 cm³/mol.